The highest BCUT2D eigenvalue weighted by Gasteiger charge is 2.34. The molecule has 28 heavy (non-hydrogen) atoms. The highest BCUT2D eigenvalue weighted by molar-refractivity contribution is 7.10. The van der Waals surface area contributed by atoms with Crippen molar-refractivity contribution >= 4 is 23.3 Å². The van der Waals surface area contributed by atoms with E-state index in [2.05, 4.69) is 0 Å². The third-order valence-corrected chi connectivity index (χ3v) is 6.03. The number of benzene rings is 1. The van der Waals surface area contributed by atoms with Crippen molar-refractivity contribution in [3.63, 3.8) is 0 Å². The van der Waals surface area contributed by atoms with Crippen molar-refractivity contribution in [1.29, 1.82) is 0 Å². The molecule has 2 aromatic rings. The van der Waals surface area contributed by atoms with Crippen molar-refractivity contribution in [2.75, 3.05) is 27.2 Å². The number of carbonyl (C=O) groups excluding carboxylic acids is 2. The molecule has 1 aromatic carbocycles. The van der Waals surface area contributed by atoms with Gasteiger partial charge in [0.2, 0.25) is 5.91 Å². The molecular formula is C21H26FN3O2S. The van der Waals surface area contributed by atoms with Crippen LogP contribution in [0.1, 0.15) is 35.9 Å². The minimum atomic E-state index is -0.300. The fourth-order valence-electron chi connectivity index (χ4n) is 3.55. The second kappa shape index (κ2) is 8.31. The molecule has 5 nitrogen and oxygen atoms in total. The van der Waals surface area contributed by atoms with Crippen LogP contribution in [0, 0.1) is 5.82 Å². The Balaban J connectivity index is 1.91. The zero-order valence-electron chi connectivity index (χ0n) is 16.7. The van der Waals surface area contributed by atoms with Crippen molar-refractivity contribution < 1.29 is 14.0 Å². The number of thiophene rings is 1. The number of urea groups is 1. The van der Waals surface area contributed by atoms with Gasteiger partial charge in [-0.2, -0.15) is 0 Å². The second-order valence-corrected chi connectivity index (χ2v) is 8.49. The molecule has 3 amide bonds. The summed E-state index contributed by atoms with van der Waals surface area (Å²) in [6.07, 6.45) is 0.791. The second-order valence-electron chi connectivity index (χ2n) is 7.49. The quantitative estimate of drug-likeness (QED) is 0.780. The van der Waals surface area contributed by atoms with E-state index in [1.165, 1.54) is 21.9 Å². The van der Waals surface area contributed by atoms with Gasteiger partial charge < -0.3 is 14.7 Å². The molecule has 0 saturated heterocycles. The van der Waals surface area contributed by atoms with Crippen molar-refractivity contribution in [2.45, 2.75) is 32.4 Å². The van der Waals surface area contributed by atoms with Crippen LogP contribution in [-0.2, 0) is 11.2 Å². The third-order valence-electron chi connectivity index (χ3n) is 5.03. The van der Waals surface area contributed by atoms with Gasteiger partial charge in [-0.25, -0.2) is 9.18 Å². The molecule has 0 aliphatic carbocycles. The molecule has 0 N–H and O–H groups in total. The Morgan fingerprint density at radius 3 is 2.50 bits per heavy atom. The van der Waals surface area contributed by atoms with Crippen LogP contribution in [0.25, 0.3) is 0 Å². The molecule has 2 heterocycles. The van der Waals surface area contributed by atoms with Gasteiger partial charge in [-0.15, -0.1) is 11.3 Å². The molecule has 0 radical (unpaired) electrons. The van der Waals surface area contributed by atoms with E-state index >= 15 is 0 Å². The lowest BCUT2D eigenvalue weighted by atomic mass is 9.93. The van der Waals surface area contributed by atoms with Gasteiger partial charge in [0.1, 0.15) is 12.4 Å². The Kier molecular flexibility index (Phi) is 6.03. The lowest BCUT2D eigenvalue weighted by Crippen LogP contribution is -2.51. The molecule has 150 valence electrons. The number of fused-ring (bicyclic) bond motifs is 1. The molecule has 1 atom stereocenters. The third kappa shape index (κ3) is 4.04. The minimum Gasteiger partial charge on any atom is -0.331 e. The topological polar surface area (TPSA) is 43.9 Å². The summed E-state index contributed by atoms with van der Waals surface area (Å²) in [5, 5.41) is 2.03. The number of rotatable bonds is 4. The van der Waals surface area contributed by atoms with E-state index in [0.717, 1.165) is 17.5 Å². The molecule has 0 spiro atoms. The normalized spacial score (nSPS) is 16.1. The lowest BCUT2D eigenvalue weighted by Gasteiger charge is -2.38. The van der Waals surface area contributed by atoms with Crippen LogP contribution < -0.4 is 0 Å². The number of hydrogen-bond donors (Lipinski definition) is 0. The standard InChI is InChI=1S/C21H26FN3O2S/c1-14(2)25(21(27)23(3)4)13-19(26)24-11-9-18-17(10-12-28-18)20(24)15-5-7-16(22)8-6-15/h5-8,10,12,14,20H,9,11,13H2,1-4H3. The van der Waals surface area contributed by atoms with Gasteiger partial charge in [-0.1, -0.05) is 12.1 Å². The molecule has 1 unspecified atom stereocenters. The Morgan fingerprint density at radius 1 is 1.21 bits per heavy atom. The van der Waals surface area contributed by atoms with Crippen LogP contribution in [0.2, 0.25) is 0 Å². The highest BCUT2D eigenvalue weighted by atomic mass is 32.1. The SMILES string of the molecule is CC(C)N(CC(=O)N1CCc2sccc2C1c1ccc(F)cc1)C(=O)N(C)C. The Bertz CT molecular complexity index is 848. The maximum Gasteiger partial charge on any atom is 0.320 e. The van der Waals surface area contributed by atoms with Crippen LogP contribution in [0.5, 0.6) is 0 Å². The number of nitrogens with zero attached hydrogens (tertiary/aromatic N) is 3. The average Bonchev–Trinajstić information content (AvgIpc) is 3.13. The summed E-state index contributed by atoms with van der Waals surface area (Å²) < 4.78 is 13.4. The molecule has 0 saturated carbocycles. The van der Waals surface area contributed by atoms with E-state index in [9.17, 15) is 14.0 Å². The number of hydrogen-bond acceptors (Lipinski definition) is 3. The molecule has 1 aromatic heterocycles. The summed E-state index contributed by atoms with van der Waals surface area (Å²) in [5.74, 6) is -0.402. The molecule has 1 aliphatic heterocycles. The first-order valence-electron chi connectivity index (χ1n) is 9.38. The first-order chi connectivity index (χ1) is 13.3. The maximum atomic E-state index is 13.4. The molecular weight excluding hydrogens is 377 g/mol. The molecule has 3 rings (SSSR count). The predicted octanol–water partition coefficient (Wildman–Crippen LogP) is 3.75. The van der Waals surface area contributed by atoms with Gasteiger partial charge in [0.15, 0.2) is 0 Å². The zero-order valence-corrected chi connectivity index (χ0v) is 17.5. The lowest BCUT2D eigenvalue weighted by molar-refractivity contribution is -0.134. The van der Waals surface area contributed by atoms with Gasteiger partial charge in [-0.05, 0) is 55.0 Å². The van der Waals surface area contributed by atoms with Gasteiger partial charge in [-0.3, -0.25) is 4.79 Å². The molecule has 1 aliphatic rings. The largest absolute Gasteiger partial charge is 0.331 e. The van der Waals surface area contributed by atoms with E-state index in [-0.39, 0.29) is 36.4 Å². The summed E-state index contributed by atoms with van der Waals surface area (Å²) in [6.45, 7) is 4.40. The number of halogens is 1. The smallest absolute Gasteiger partial charge is 0.320 e. The number of amides is 3. The summed E-state index contributed by atoms with van der Waals surface area (Å²) >= 11 is 1.69. The van der Waals surface area contributed by atoms with E-state index < -0.39 is 0 Å². The Labute approximate surface area is 169 Å². The molecule has 0 fully saturated rings. The van der Waals surface area contributed by atoms with Crippen LogP contribution in [0.4, 0.5) is 9.18 Å². The first kappa shape index (κ1) is 20.3. The Hall–Kier alpha value is -2.41. The van der Waals surface area contributed by atoms with Crippen molar-refractivity contribution in [3.8, 4) is 0 Å². The highest BCUT2D eigenvalue weighted by Crippen LogP contribution is 2.38. The molecule has 7 heteroatoms. The Morgan fingerprint density at radius 2 is 1.89 bits per heavy atom. The zero-order chi connectivity index (χ0) is 20.4. The fourth-order valence-corrected chi connectivity index (χ4v) is 4.46. The fraction of sp³-hybridized carbons (Fsp3) is 0.429. The van der Waals surface area contributed by atoms with Crippen molar-refractivity contribution in [2.24, 2.45) is 0 Å². The van der Waals surface area contributed by atoms with Crippen LogP contribution in [0.3, 0.4) is 0 Å². The van der Waals surface area contributed by atoms with Gasteiger partial charge in [0.25, 0.3) is 0 Å². The summed E-state index contributed by atoms with van der Waals surface area (Å²) in [4.78, 5) is 31.9. The monoisotopic (exact) mass is 403 g/mol. The van der Waals surface area contributed by atoms with Gasteiger partial charge >= 0.3 is 6.03 Å². The maximum absolute atomic E-state index is 13.4. The minimum absolute atomic E-state index is 0.0197. The summed E-state index contributed by atoms with van der Waals surface area (Å²) in [7, 11) is 3.37. The van der Waals surface area contributed by atoms with Crippen molar-refractivity contribution in [1.82, 2.24) is 14.7 Å². The summed E-state index contributed by atoms with van der Waals surface area (Å²) in [6, 6.07) is 7.82. The van der Waals surface area contributed by atoms with Crippen LogP contribution >= 0.6 is 11.3 Å². The first-order valence-corrected chi connectivity index (χ1v) is 10.3. The van der Waals surface area contributed by atoms with E-state index in [0.29, 0.717) is 6.54 Å². The van der Waals surface area contributed by atoms with Crippen LogP contribution in [0.15, 0.2) is 35.7 Å². The van der Waals surface area contributed by atoms with Crippen LogP contribution in [-0.4, -0.2) is 59.9 Å². The number of carbonyl (C=O) groups is 2. The van der Waals surface area contributed by atoms with E-state index in [4.69, 9.17) is 0 Å². The average molecular weight is 404 g/mol. The van der Waals surface area contributed by atoms with Gasteiger partial charge in [0.05, 0.1) is 6.04 Å². The van der Waals surface area contributed by atoms with Crippen molar-refractivity contribution in [3.05, 3.63) is 57.5 Å². The summed E-state index contributed by atoms with van der Waals surface area (Å²) in [5.41, 5.74) is 1.97. The van der Waals surface area contributed by atoms with Gasteiger partial charge in [0, 0.05) is 31.6 Å². The predicted molar refractivity (Wildman–Crippen MR) is 109 cm³/mol. The van der Waals surface area contributed by atoms with E-state index in [1.54, 1.807) is 42.5 Å². The molecule has 0 bridgehead atoms. The van der Waals surface area contributed by atoms with E-state index in [1.807, 2.05) is 30.2 Å².